The zero-order chi connectivity index (χ0) is 10.5. The molecule has 0 heterocycles. The average Bonchev–Trinajstić information content (AvgIpc) is 2.04. The molecule has 0 saturated heterocycles. The number of hydrogen-bond donors (Lipinski definition) is 1. The van der Waals surface area contributed by atoms with Crippen molar-refractivity contribution in [2.75, 3.05) is 20.1 Å². The quantitative estimate of drug-likeness (QED) is 0.702. The smallest absolute Gasteiger partial charge is 0.205 e. The molecular weight excluding hydrogens is 188 g/mol. The van der Waals surface area contributed by atoms with Gasteiger partial charge >= 0.3 is 0 Å². The Bertz CT molecular complexity index is 224. The third-order valence-corrected chi connectivity index (χ3v) is 3.54. The van der Waals surface area contributed by atoms with Crippen LogP contribution in [0.2, 0.25) is 0 Å². The molecule has 0 radical (unpaired) electrons. The van der Waals surface area contributed by atoms with Gasteiger partial charge in [-0.1, -0.05) is 20.8 Å². The van der Waals surface area contributed by atoms with E-state index in [0.717, 1.165) is 6.42 Å². The van der Waals surface area contributed by atoms with E-state index in [-0.39, 0.29) is 0 Å². The summed E-state index contributed by atoms with van der Waals surface area (Å²) in [6, 6.07) is 0. The maximum Gasteiger partial charge on any atom is 0.279 e. The van der Waals surface area contributed by atoms with Gasteiger partial charge in [0.2, 0.25) is 0 Å². The molecule has 5 heteroatoms. The van der Waals surface area contributed by atoms with Gasteiger partial charge in [-0.25, -0.2) is 4.72 Å². The van der Waals surface area contributed by atoms with Crippen LogP contribution in [0, 0.1) is 5.92 Å². The molecule has 0 aromatic rings. The molecule has 0 unspecified atom stereocenters. The van der Waals surface area contributed by atoms with Crippen LogP contribution in [0.25, 0.3) is 0 Å². The van der Waals surface area contributed by atoms with Gasteiger partial charge in [0.15, 0.2) is 0 Å². The van der Waals surface area contributed by atoms with Crippen molar-refractivity contribution < 1.29 is 8.42 Å². The normalized spacial score (nSPS) is 12.8. The molecule has 0 aliphatic rings. The summed E-state index contributed by atoms with van der Waals surface area (Å²) in [5, 5.41) is 0. The molecule has 80 valence electrons. The Morgan fingerprint density at radius 1 is 1.38 bits per heavy atom. The molecule has 1 N–H and O–H groups in total. The molecule has 13 heavy (non-hydrogen) atoms. The molecule has 0 bridgehead atoms. The highest BCUT2D eigenvalue weighted by Crippen LogP contribution is 2.04. The summed E-state index contributed by atoms with van der Waals surface area (Å²) >= 11 is 0. The highest BCUT2D eigenvalue weighted by atomic mass is 32.2. The molecule has 0 aliphatic carbocycles. The first-order valence-electron chi connectivity index (χ1n) is 4.62. The summed E-state index contributed by atoms with van der Waals surface area (Å²) in [5.74, 6) is 0.529. The lowest BCUT2D eigenvalue weighted by Crippen LogP contribution is -2.39. The van der Waals surface area contributed by atoms with Crippen LogP contribution in [-0.2, 0) is 10.2 Å². The predicted molar refractivity (Wildman–Crippen MR) is 54.7 cm³/mol. The highest BCUT2D eigenvalue weighted by molar-refractivity contribution is 7.87. The van der Waals surface area contributed by atoms with Crippen LogP contribution < -0.4 is 4.72 Å². The summed E-state index contributed by atoms with van der Waals surface area (Å²) in [7, 11) is -1.78. The molecule has 0 aromatic heterocycles. The van der Waals surface area contributed by atoms with Crippen LogP contribution in [0.15, 0.2) is 0 Å². The zero-order valence-corrected chi connectivity index (χ0v) is 9.69. The minimum absolute atomic E-state index is 0.524. The van der Waals surface area contributed by atoms with E-state index in [0.29, 0.717) is 19.0 Å². The van der Waals surface area contributed by atoms with E-state index >= 15 is 0 Å². The number of nitrogens with one attached hydrogen (secondary N) is 1. The fourth-order valence-corrected chi connectivity index (χ4v) is 1.92. The average molecular weight is 208 g/mol. The topological polar surface area (TPSA) is 49.4 Å². The summed E-state index contributed by atoms with van der Waals surface area (Å²) < 4.78 is 26.5. The lowest BCUT2D eigenvalue weighted by atomic mass is 10.1. The monoisotopic (exact) mass is 208 g/mol. The number of nitrogens with zero attached hydrogens (tertiary/aromatic N) is 1. The number of rotatable bonds is 6. The van der Waals surface area contributed by atoms with Crippen LogP contribution in [0.1, 0.15) is 27.2 Å². The van der Waals surface area contributed by atoms with Crippen molar-refractivity contribution in [1.29, 1.82) is 0 Å². The molecule has 0 atom stereocenters. The second kappa shape index (κ2) is 5.57. The predicted octanol–water partition coefficient (Wildman–Crippen LogP) is 0.819. The van der Waals surface area contributed by atoms with E-state index in [1.807, 2.05) is 6.92 Å². The zero-order valence-electron chi connectivity index (χ0n) is 8.87. The standard InChI is InChI=1S/C8H20N2O2S/c1-5-10(7-6-8(2)3)13(11,12)9-4/h8-9H,5-7H2,1-4H3. The molecule has 0 aromatic carbocycles. The van der Waals surface area contributed by atoms with Crippen molar-refractivity contribution in [1.82, 2.24) is 9.03 Å². The Balaban J connectivity index is 4.19. The summed E-state index contributed by atoms with van der Waals surface area (Å²) in [4.78, 5) is 0. The van der Waals surface area contributed by atoms with Gasteiger partial charge in [-0.05, 0) is 12.3 Å². The minimum Gasteiger partial charge on any atom is -0.205 e. The maximum absolute atomic E-state index is 11.4. The Morgan fingerprint density at radius 2 is 1.92 bits per heavy atom. The Morgan fingerprint density at radius 3 is 2.23 bits per heavy atom. The first kappa shape index (κ1) is 12.9. The molecule has 0 spiro atoms. The maximum atomic E-state index is 11.4. The van der Waals surface area contributed by atoms with E-state index in [1.54, 1.807) is 0 Å². The van der Waals surface area contributed by atoms with Crippen LogP contribution >= 0.6 is 0 Å². The van der Waals surface area contributed by atoms with Crippen molar-refractivity contribution in [2.24, 2.45) is 5.92 Å². The van der Waals surface area contributed by atoms with E-state index in [9.17, 15) is 8.42 Å². The Hall–Kier alpha value is -0.130. The van der Waals surface area contributed by atoms with E-state index in [1.165, 1.54) is 11.4 Å². The van der Waals surface area contributed by atoms with Gasteiger partial charge in [-0.2, -0.15) is 12.7 Å². The SMILES string of the molecule is CCN(CCC(C)C)S(=O)(=O)NC. The van der Waals surface area contributed by atoms with Gasteiger partial charge in [0.05, 0.1) is 0 Å². The first-order valence-corrected chi connectivity index (χ1v) is 6.06. The third kappa shape index (κ3) is 4.59. The molecule has 0 fully saturated rings. The second-order valence-electron chi connectivity index (χ2n) is 3.38. The first-order chi connectivity index (χ1) is 5.94. The lowest BCUT2D eigenvalue weighted by Gasteiger charge is -2.20. The molecule has 0 amide bonds. The van der Waals surface area contributed by atoms with E-state index in [2.05, 4.69) is 18.6 Å². The van der Waals surface area contributed by atoms with Crippen molar-refractivity contribution in [3.8, 4) is 0 Å². The van der Waals surface area contributed by atoms with Gasteiger partial charge in [-0.15, -0.1) is 0 Å². The van der Waals surface area contributed by atoms with Crippen molar-refractivity contribution in [3.05, 3.63) is 0 Å². The number of hydrogen-bond acceptors (Lipinski definition) is 2. The molecule has 0 saturated carbocycles. The van der Waals surface area contributed by atoms with Gasteiger partial charge < -0.3 is 0 Å². The lowest BCUT2D eigenvalue weighted by molar-refractivity contribution is 0.389. The summed E-state index contributed by atoms with van der Waals surface area (Å²) in [6.07, 6.45) is 0.898. The third-order valence-electron chi connectivity index (χ3n) is 1.91. The van der Waals surface area contributed by atoms with Crippen molar-refractivity contribution >= 4 is 10.2 Å². The van der Waals surface area contributed by atoms with E-state index < -0.39 is 10.2 Å². The molecular formula is C8H20N2O2S. The van der Waals surface area contributed by atoms with Crippen LogP contribution in [0.5, 0.6) is 0 Å². The van der Waals surface area contributed by atoms with Gasteiger partial charge in [0.1, 0.15) is 0 Å². The highest BCUT2D eigenvalue weighted by Gasteiger charge is 2.17. The fourth-order valence-electron chi connectivity index (χ4n) is 0.980. The van der Waals surface area contributed by atoms with Crippen molar-refractivity contribution in [3.63, 3.8) is 0 Å². The summed E-state index contributed by atoms with van der Waals surface area (Å²) in [5.41, 5.74) is 0. The fraction of sp³-hybridized carbons (Fsp3) is 1.00. The Labute approximate surface area is 81.5 Å². The van der Waals surface area contributed by atoms with Gasteiger partial charge in [0, 0.05) is 20.1 Å². The van der Waals surface area contributed by atoms with Gasteiger partial charge in [0.25, 0.3) is 10.2 Å². The summed E-state index contributed by atoms with van der Waals surface area (Å²) in [6.45, 7) is 7.13. The second-order valence-corrected chi connectivity index (χ2v) is 5.26. The molecule has 0 rings (SSSR count). The van der Waals surface area contributed by atoms with Crippen LogP contribution in [-0.4, -0.2) is 32.9 Å². The van der Waals surface area contributed by atoms with Crippen molar-refractivity contribution in [2.45, 2.75) is 27.2 Å². The van der Waals surface area contributed by atoms with E-state index in [4.69, 9.17) is 0 Å². The largest absolute Gasteiger partial charge is 0.279 e. The Kier molecular flexibility index (Phi) is 5.51. The van der Waals surface area contributed by atoms with Gasteiger partial charge in [-0.3, -0.25) is 0 Å². The van der Waals surface area contributed by atoms with Crippen LogP contribution in [0.4, 0.5) is 0 Å². The molecule has 4 nitrogen and oxygen atoms in total. The van der Waals surface area contributed by atoms with Crippen LogP contribution in [0.3, 0.4) is 0 Å². The minimum atomic E-state index is -3.22. The molecule has 0 aliphatic heterocycles.